The molecule has 0 unspecified atom stereocenters. The number of anilines is 1. The van der Waals surface area contributed by atoms with Crippen LogP contribution < -0.4 is 5.32 Å². The monoisotopic (exact) mass is 446 g/mol. The lowest BCUT2D eigenvalue weighted by Gasteiger charge is -2.15. The van der Waals surface area contributed by atoms with Crippen LogP contribution in [0.3, 0.4) is 0 Å². The van der Waals surface area contributed by atoms with E-state index in [0.717, 1.165) is 23.2 Å². The van der Waals surface area contributed by atoms with E-state index in [-0.39, 0.29) is 5.82 Å². The molecule has 0 aliphatic heterocycles. The van der Waals surface area contributed by atoms with Crippen LogP contribution >= 0.6 is 0 Å². The number of nitrogens with one attached hydrogen (secondary N) is 2. The lowest BCUT2D eigenvalue weighted by Crippen LogP contribution is -2.06. The number of aryl methyl sites for hydroxylation is 1. The van der Waals surface area contributed by atoms with Gasteiger partial charge < -0.3 is 5.32 Å². The second-order valence-electron chi connectivity index (χ2n) is 8.64. The Morgan fingerprint density at radius 1 is 1.18 bits per heavy atom. The number of hydrogen-bond acceptors (Lipinski definition) is 4. The highest BCUT2D eigenvalue weighted by atomic mass is 19.1. The van der Waals surface area contributed by atoms with Crippen molar-refractivity contribution < 1.29 is 4.39 Å². The van der Waals surface area contributed by atoms with Crippen LogP contribution in [0, 0.1) is 11.7 Å². The summed E-state index contributed by atoms with van der Waals surface area (Å²) in [5.41, 5.74) is 5.03. The molecular weight excluding hydrogens is 415 g/mol. The predicted molar refractivity (Wildman–Crippen MR) is 132 cm³/mol. The number of nitrogens with zero attached hydrogens (tertiary/aromatic N) is 4. The van der Waals surface area contributed by atoms with E-state index in [0.29, 0.717) is 34.0 Å². The molecule has 0 spiro atoms. The fourth-order valence-corrected chi connectivity index (χ4v) is 4.36. The molecule has 4 rings (SSSR count). The Morgan fingerprint density at radius 3 is 2.61 bits per heavy atom. The fraction of sp³-hybridized carbons (Fsp3) is 0.346. The van der Waals surface area contributed by atoms with Crippen molar-refractivity contribution in [1.82, 2.24) is 25.0 Å². The van der Waals surface area contributed by atoms with Gasteiger partial charge in [-0.25, -0.2) is 4.39 Å². The molecule has 0 atom stereocenters. The fourth-order valence-electron chi connectivity index (χ4n) is 4.36. The second kappa shape index (κ2) is 9.98. The summed E-state index contributed by atoms with van der Waals surface area (Å²) in [4.78, 5) is 4.66. The normalized spacial score (nSPS) is 11.4. The van der Waals surface area contributed by atoms with Gasteiger partial charge >= 0.3 is 0 Å². The van der Waals surface area contributed by atoms with Crippen LogP contribution in [-0.2, 0) is 13.5 Å². The van der Waals surface area contributed by atoms with Gasteiger partial charge in [0, 0.05) is 41.5 Å². The number of H-pyrrole nitrogens is 1. The number of aromatic nitrogens is 5. The van der Waals surface area contributed by atoms with Crippen LogP contribution in [0.2, 0.25) is 0 Å². The maximum Gasteiger partial charge on any atom is 0.133 e. The Morgan fingerprint density at radius 2 is 1.97 bits per heavy atom. The first-order valence-electron chi connectivity index (χ1n) is 11.6. The minimum atomic E-state index is -0.325. The van der Waals surface area contributed by atoms with Crippen molar-refractivity contribution in [2.24, 2.45) is 13.0 Å². The molecule has 0 aliphatic carbocycles. The zero-order chi connectivity index (χ0) is 23.4. The summed E-state index contributed by atoms with van der Waals surface area (Å²) in [6.07, 6.45) is 11.2. The largest absolute Gasteiger partial charge is 0.353 e. The quantitative estimate of drug-likeness (QED) is 0.298. The lowest BCUT2D eigenvalue weighted by atomic mass is 9.93. The number of pyridine rings is 1. The maximum atomic E-state index is 14.7. The summed E-state index contributed by atoms with van der Waals surface area (Å²) in [5.74, 6) is 0.361. The van der Waals surface area contributed by atoms with E-state index in [1.165, 1.54) is 31.7 Å². The molecule has 4 aromatic rings. The van der Waals surface area contributed by atoms with Crippen LogP contribution in [0.4, 0.5) is 10.1 Å². The van der Waals surface area contributed by atoms with Gasteiger partial charge in [0.15, 0.2) is 0 Å². The first kappa shape index (κ1) is 22.7. The first-order chi connectivity index (χ1) is 16.0. The van der Waals surface area contributed by atoms with E-state index in [2.05, 4.69) is 52.1 Å². The van der Waals surface area contributed by atoms with Crippen molar-refractivity contribution >= 4 is 22.3 Å². The predicted octanol–water partition coefficient (Wildman–Crippen LogP) is 6.34. The number of fused-ring (bicyclic) bond motifs is 1. The molecule has 0 bridgehead atoms. The minimum Gasteiger partial charge on any atom is -0.353 e. The zero-order valence-electron chi connectivity index (χ0n) is 19.5. The molecule has 3 heterocycles. The highest BCUT2D eigenvalue weighted by Crippen LogP contribution is 2.30. The average molecular weight is 447 g/mol. The standard InChI is InChI=1S/C26H31FN6/c1-5-7-18(8-6-2)11-20-9-10-21(15-28-20)30-17(3)26-23-12-22(19-14-29-33(4)16-19)24(27)13-25(23)31-32-26/h9-10,12-16,18,30H,3,5-8,11H2,1-2,4H3,(H,31,32). The van der Waals surface area contributed by atoms with Gasteiger partial charge in [0.05, 0.1) is 29.3 Å². The van der Waals surface area contributed by atoms with E-state index in [9.17, 15) is 4.39 Å². The number of halogens is 1. The van der Waals surface area contributed by atoms with Crippen LogP contribution in [0.15, 0.2) is 49.4 Å². The molecule has 1 aromatic carbocycles. The molecule has 0 radical (unpaired) electrons. The van der Waals surface area contributed by atoms with Gasteiger partial charge in [-0.15, -0.1) is 0 Å². The Bertz CT molecular complexity index is 1230. The molecule has 6 nitrogen and oxygen atoms in total. The SMILES string of the molecule is C=C(Nc1ccc(CC(CCC)CCC)nc1)c1n[nH]c2cc(F)c(-c3cnn(C)c3)cc12. The molecule has 0 fully saturated rings. The van der Waals surface area contributed by atoms with Gasteiger partial charge in [-0.05, 0) is 30.5 Å². The zero-order valence-corrected chi connectivity index (χ0v) is 19.5. The van der Waals surface area contributed by atoms with Gasteiger partial charge in [-0.2, -0.15) is 10.2 Å². The number of aromatic amines is 1. The topological polar surface area (TPSA) is 71.4 Å². The molecular formula is C26H31FN6. The van der Waals surface area contributed by atoms with Gasteiger partial charge in [0.25, 0.3) is 0 Å². The number of benzene rings is 1. The minimum absolute atomic E-state index is 0.325. The van der Waals surface area contributed by atoms with Crippen molar-refractivity contribution in [1.29, 1.82) is 0 Å². The van der Waals surface area contributed by atoms with Crippen molar-refractivity contribution in [3.63, 3.8) is 0 Å². The molecule has 0 amide bonds. The summed E-state index contributed by atoms with van der Waals surface area (Å²) in [6, 6.07) is 7.35. The molecule has 33 heavy (non-hydrogen) atoms. The highest BCUT2D eigenvalue weighted by molar-refractivity contribution is 5.95. The summed E-state index contributed by atoms with van der Waals surface area (Å²) < 4.78 is 16.3. The van der Waals surface area contributed by atoms with E-state index >= 15 is 0 Å². The molecule has 7 heteroatoms. The van der Waals surface area contributed by atoms with Crippen molar-refractivity contribution in [3.05, 3.63) is 66.6 Å². The van der Waals surface area contributed by atoms with E-state index < -0.39 is 0 Å². The van der Waals surface area contributed by atoms with Gasteiger partial charge in [-0.3, -0.25) is 14.8 Å². The first-order valence-corrected chi connectivity index (χ1v) is 11.6. The maximum absolute atomic E-state index is 14.7. The molecule has 0 saturated heterocycles. The van der Waals surface area contributed by atoms with Gasteiger partial charge in [0.1, 0.15) is 11.5 Å². The summed E-state index contributed by atoms with van der Waals surface area (Å²) in [5, 5.41) is 15.5. The Balaban J connectivity index is 1.52. The third kappa shape index (κ3) is 5.13. The summed E-state index contributed by atoms with van der Waals surface area (Å²) in [6.45, 7) is 8.63. The second-order valence-corrected chi connectivity index (χ2v) is 8.64. The van der Waals surface area contributed by atoms with E-state index in [4.69, 9.17) is 0 Å². The average Bonchev–Trinajstić information content (AvgIpc) is 3.40. The molecule has 0 aliphatic rings. The van der Waals surface area contributed by atoms with Crippen molar-refractivity contribution in [2.45, 2.75) is 46.0 Å². The molecule has 0 saturated carbocycles. The highest BCUT2D eigenvalue weighted by Gasteiger charge is 2.16. The Kier molecular flexibility index (Phi) is 6.87. The number of hydrogen-bond donors (Lipinski definition) is 2. The van der Waals surface area contributed by atoms with Crippen LogP contribution in [0.25, 0.3) is 27.7 Å². The van der Waals surface area contributed by atoms with Crippen LogP contribution in [0.5, 0.6) is 0 Å². The molecule has 2 N–H and O–H groups in total. The lowest BCUT2D eigenvalue weighted by molar-refractivity contribution is 0.434. The molecule has 172 valence electrons. The van der Waals surface area contributed by atoms with Crippen LogP contribution in [-0.4, -0.2) is 25.0 Å². The van der Waals surface area contributed by atoms with Crippen molar-refractivity contribution in [2.75, 3.05) is 5.32 Å². The van der Waals surface area contributed by atoms with Gasteiger partial charge in [0.2, 0.25) is 0 Å². The third-order valence-corrected chi connectivity index (χ3v) is 5.96. The molecule has 3 aromatic heterocycles. The summed E-state index contributed by atoms with van der Waals surface area (Å²) >= 11 is 0. The summed E-state index contributed by atoms with van der Waals surface area (Å²) in [7, 11) is 1.81. The number of rotatable bonds is 10. The van der Waals surface area contributed by atoms with E-state index in [1.54, 1.807) is 23.1 Å². The van der Waals surface area contributed by atoms with Crippen LogP contribution in [0.1, 0.15) is 50.9 Å². The van der Waals surface area contributed by atoms with Crippen molar-refractivity contribution in [3.8, 4) is 11.1 Å². The third-order valence-electron chi connectivity index (χ3n) is 5.96. The Hall–Kier alpha value is -3.48. The smallest absolute Gasteiger partial charge is 0.133 e. The van der Waals surface area contributed by atoms with E-state index in [1.807, 2.05) is 19.3 Å². The Labute approximate surface area is 193 Å². The van der Waals surface area contributed by atoms with Gasteiger partial charge in [-0.1, -0.05) is 46.1 Å².